The Kier molecular flexibility index (Phi) is 2.51. The average Bonchev–Trinajstić information content (AvgIpc) is 2.87. The van der Waals surface area contributed by atoms with Crippen molar-refractivity contribution in [2.24, 2.45) is 0 Å². The van der Waals surface area contributed by atoms with Crippen LogP contribution in [0.3, 0.4) is 0 Å². The first kappa shape index (κ1) is 8.31. The van der Waals surface area contributed by atoms with Gasteiger partial charge in [-0.1, -0.05) is 0 Å². The summed E-state index contributed by atoms with van der Waals surface area (Å²) in [6.07, 6.45) is 0.337. The molecule has 1 aromatic rings. The summed E-state index contributed by atoms with van der Waals surface area (Å²) in [6, 6.07) is 8.02. The van der Waals surface area contributed by atoms with Crippen molar-refractivity contribution in [2.45, 2.75) is 6.10 Å². The van der Waals surface area contributed by atoms with Crippen LogP contribution in [0.1, 0.15) is 0 Å². The highest BCUT2D eigenvalue weighted by molar-refractivity contribution is 14.1. The quantitative estimate of drug-likeness (QED) is 0.622. The molecule has 12 heavy (non-hydrogen) atoms. The summed E-state index contributed by atoms with van der Waals surface area (Å²) >= 11 is 2.27. The zero-order valence-corrected chi connectivity index (χ0v) is 8.65. The van der Waals surface area contributed by atoms with Gasteiger partial charge >= 0.3 is 0 Å². The van der Waals surface area contributed by atoms with E-state index in [1.165, 1.54) is 3.57 Å². The van der Waals surface area contributed by atoms with Crippen molar-refractivity contribution in [3.63, 3.8) is 0 Å². The average molecular weight is 276 g/mol. The van der Waals surface area contributed by atoms with Gasteiger partial charge in [-0.15, -0.1) is 0 Å². The minimum atomic E-state index is 0.337. The van der Waals surface area contributed by atoms with Crippen molar-refractivity contribution >= 4 is 22.6 Å². The molecule has 2 rings (SSSR count). The first-order valence-electron chi connectivity index (χ1n) is 3.84. The Bertz CT molecular complexity index is 254. The van der Waals surface area contributed by atoms with Crippen LogP contribution in [-0.4, -0.2) is 19.3 Å². The molecule has 0 bridgehead atoms. The molecule has 1 aromatic carbocycles. The number of rotatable bonds is 3. The third-order valence-corrected chi connectivity index (χ3v) is 2.37. The van der Waals surface area contributed by atoms with Crippen molar-refractivity contribution in [2.75, 3.05) is 13.2 Å². The molecule has 1 saturated heterocycles. The predicted molar refractivity (Wildman–Crippen MR) is 54.4 cm³/mol. The van der Waals surface area contributed by atoms with Gasteiger partial charge in [-0.25, -0.2) is 0 Å². The molecule has 1 atom stereocenters. The van der Waals surface area contributed by atoms with Crippen LogP contribution >= 0.6 is 22.6 Å². The van der Waals surface area contributed by atoms with E-state index < -0.39 is 0 Å². The van der Waals surface area contributed by atoms with Crippen LogP contribution in [-0.2, 0) is 4.74 Å². The van der Waals surface area contributed by atoms with Crippen LogP contribution in [0.2, 0.25) is 0 Å². The second kappa shape index (κ2) is 3.62. The number of benzene rings is 1. The summed E-state index contributed by atoms with van der Waals surface area (Å²) in [6.45, 7) is 1.53. The zero-order chi connectivity index (χ0) is 8.39. The molecular formula is C9H9IO2. The summed E-state index contributed by atoms with van der Waals surface area (Å²) in [5.41, 5.74) is 0. The number of halogens is 1. The van der Waals surface area contributed by atoms with E-state index in [0.717, 1.165) is 12.4 Å². The molecule has 1 unspecified atom stereocenters. The van der Waals surface area contributed by atoms with Crippen LogP contribution in [0, 0.1) is 3.57 Å². The van der Waals surface area contributed by atoms with E-state index >= 15 is 0 Å². The first-order valence-corrected chi connectivity index (χ1v) is 4.92. The molecular weight excluding hydrogens is 267 g/mol. The maximum Gasteiger partial charge on any atom is 0.119 e. The van der Waals surface area contributed by atoms with Gasteiger partial charge in [0, 0.05) is 3.57 Å². The van der Waals surface area contributed by atoms with Gasteiger partial charge in [0.15, 0.2) is 0 Å². The summed E-state index contributed by atoms with van der Waals surface area (Å²) in [5.74, 6) is 0.922. The SMILES string of the molecule is Ic1ccc(OCC2CO2)cc1. The van der Waals surface area contributed by atoms with Crippen molar-refractivity contribution < 1.29 is 9.47 Å². The summed E-state index contributed by atoms with van der Waals surface area (Å²) in [4.78, 5) is 0. The molecule has 0 N–H and O–H groups in total. The van der Waals surface area contributed by atoms with Crippen molar-refractivity contribution in [3.05, 3.63) is 27.8 Å². The molecule has 0 aromatic heterocycles. The Morgan fingerprint density at radius 2 is 2.08 bits per heavy atom. The highest BCUT2D eigenvalue weighted by atomic mass is 127. The monoisotopic (exact) mass is 276 g/mol. The lowest BCUT2D eigenvalue weighted by Crippen LogP contribution is -2.03. The second-order valence-corrected chi connectivity index (χ2v) is 3.97. The summed E-state index contributed by atoms with van der Waals surface area (Å²) in [7, 11) is 0. The van der Waals surface area contributed by atoms with E-state index in [4.69, 9.17) is 9.47 Å². The molecule has 0 radical (unpaired) electrons. The third kappa shape index (κ3) is 2.35. The standard InChI is InChI=1S/C9H9IO2/c10-7-1-3-8(4-2-7)11-5-9-6-12-9/h1-4,9H,5-6H2. The lowest BCUT2D eigenvalue weighted by atomic mass is 10.3. The fraction of sp³-hybridized carbons (Fsp3) is 0.333. The molecule has 64 valence electrons. The smallest absolute Gasteiger partial charge is 0.119 e. The third-order valence-electron chi connectivity index (χ3n) is 1.65. The van der Waals surface area contributed by atoms with E-state index in [1.54, 1.807) is 0 Å². The molecule has 0 spiro atoms. The van der Waals surface area contributed by atoms with E-state index in [0.29, 0.717) is 12.7 Å². The molecule has 0 aliphatic carbocycles. The summed E-state index contributed by atoms with van der Waals surface area (Å²) < 4.78 is 11.7. The number of hydrogen-bond acceptors (Lipinski definition) is 2. The normalized spacial score (nSPS) is 20.6. The summed E-state index contributed by atoms with van der Waals surface area (Å²) in [5, 5.41) is 0. The lowest BCUT2D eigenvalue weighted by Gasteiger charge is -2.02. The van der Waals surface area contributed by atoms with E-state index in [9.17, 15) is 0 Å². The first-order chi connectivity index (χ1) is 5.84. The Morgan fingerprint density at radius 1 is 1.42 bits per heavy atom. The topological polar surface area (TPSA) is 21.8 Å². The maximum atomic E-state index is 5.46. The second-order valence-electron chi connectivity index (χ2n) is 2.72. The van der Waals surface area contributed by atoms with E-state index in [-0.39, 0.29) is 0 Å². The van der Waals surface area contributed by atoms with Gasteiger partial charge in [-0.3, -0.25) is 0 Å². The van der Waals surface area contributed by atoms with Gasteiger partial charge in [0.1, 0.15) is 18.5 Å². The Labute approximate surface area is 85.0 Å². The predicted octanol–water partition coefficient (Wildman–Crippen LogP) is 2.07. The van der Waals surface area contributed by atoms with E-state index in [1.807, 2.05) is 24.3 Å². The van der Waals surface area contributed by atoms with Crippen LogP contribution < -0.4 is 4.74 Å². The van der Waals surface area contributed by atoms with Gasteiger partial charge in [0.2, 0.25) is 0 Å². The number of ether oxygens (including phenoxy) is 2. The highest BCUT2D eigenvalue weighted by Crippen LogP contribution is 2.16. The van der Waals surface area contributed by atoms with Crippen LogP contribution in [0.4, 0.5) is 0 Å². The van der Waals surface area contributed by atoms with Gasteiger partial charge < -0.3 is 9.47 Å². The Balaban J connectivity index is 1.89. The number of epoxide rings is 1. The Morgan fingerprint density at radius 3 is 2.67 bits per heavy atom. The molecule has 3 heteroatoms. The largest absolute Gasteiger partial charge is 0.491 e. The van der Waals surface area contributed by atoms with Gasteiger partial charge in [-0.2, -0.15) is 0 Å². The zero-order valence-electron chi connectivity index (χ0n) is 6.50. The van der Waals surface area contributed by atoms with Crippen LogP contribution in [0.15, 0.2) is 24.3 Å². The van der Waals surface area contributed by atoms with Gasteiger partial charge in [-0.05, 0) is 46.9 Å². The van der Waals surface area contributed by atoms with Crippen molar-refractivity contribution in [1.29, 1.82) is 0 Å². The van der Waals surface area contributed by atoms with Crippen LogP contribution in [0.25, 0.3) is 0 Å². The highest BCUT2D eigenvalue weighted by Gasteiger charge is 2.22. The number of hydrogen-bond donors (Lipinski definition) is 0. The molecule has 1 fully saturated rings. The van der Waals surface area contributed by atoms with Crippen LogP contribution in [0.5, 0.6) is 5.75 Å². The molecule has 1 aliphatic rings. The van der Waals surface area contributed by atoms with Crippen molar-refractivity contribution in [1.82, 2.24) is 0 Å². The Hall–Kier alpha value is -0.290. The molecule has 1 heterocycles. The lowest BCUT2D eigenvalue weighted by molar-refractivity contribution is 0.263. The molecule has 2 nitrogen and oxygen atoms in total. The molecule has 1 aliphatic heterocycles. The maximum absolute atomic E-state index is 5.46. The minimum absolute atomic E-state index is 0.337. The molecule has 0 amide bonds. The fourth-order valence-corrected chi connectivity index (χ4v) is 1.24. The van der Waals surface area contributed by atoms with Gasteiger partial charge in [0.25, 0.3) is 0 Å². The van der Waals surface area contributed by atoms with Crippen molar-refractivity contribution in [3.8, 4) is 5.75 Å². The molecule has 0 saturated carbocycles. The fourth-order valence-electron chi connectivity index (χ4n) is 0.884. The van der Waals surface area contributed by atoms with Gasteiger partial charge in [0.05, 0.1) is 6.61 Å². The van der Waals surface area contributed by atoms with E-state index in [2.05, 4.69) is 22.6 Å². The minimum Gasteiger partial charge on any atom is -0.491 e.